The summed E-state index contributed by atoms with van der Waals surface area (Å²) < 4.78 is 0. The fourth-order valence-corrected chi connectivity index (χ4v) is 27.8. The monoisotopic (exact) mass is 1790 g/mol. The number of hydrogen-bond acceptors (Lipinski definition) is 12. The van der Waals surface area contributed by atoms with Crippen molar-refractivity contribution in [3.8, 4) is 89.0 Å². The Labute approximate surface area is 809 Å². The number of hydrogen-bond donors (Lipinski definition) is 0. The van der Waals surface area contributed by atoms with Crippen LogP contribution in [0.15, 0.2) is 317 Å². The van der Waals surface area contributed by atoms with E-state index < -0.39 is 0 Å². The maximum absolute atomic E-state index is 4.85. The molecule has 140 heavy (non-hydrogen) atoms. The molecule has 656 valence electrons. The van der Waals surface area contributed by atoms with Crippen LogP contribution in [0.4, 0.5) is 68.9 Å². The first kappa shape index (κ1) is 76.2. The number of aromatic nitrogens is 8. The first-order valence-corrected chi connectivity index (χ1v) is 49.7. The Hall–Kier alpha value is -17.0. The Morgan fingerprint density at radius 2 is 0.429 bits per heavy atom. The van der Waals surface area contributed by atoms with Gasteiger partial charge in [-0.2, -0.15) is 0 Å². The molecule has 0 saturated carbocycles. The summed E-state index contributed by atoms with van der Waals surface area (Å²) in [7, 11) is 0. The molecule has 16 heterocycles. The zero-order valence-corrected chi connectivity index (χ0v) is 76.7. The lowest BCUT2D eigenvalue weighted by molar-refractivity contribution is 0.941. The molecule has 0 unspecified atom stereocenters. The second kappa shape index (κ2) is 28.4. The highest BCUT2D eigenvalue weighted by Gasteiger charge is 2.45. The van der Waals surface area contributed by atoms with Crippen molar-refractivity contribution < 1.29 is 0 Å². The average Bonchev–Trinajstić information content (AvgIpc) is 1.26. The van der Waals surface area contributed by atoms with E-state index in [0.29, 0.717) is 0 Å². The molecule has 8 aliphatic carbocycles. The fourth-order valence-electron chi connectivity index (χ4n) is 27.8. The van der Waals surface area contributed by atoms with Gasteiger partial charge in [-0.15, -0.1) is 0 Å². The Balaban J connectivity index is 0.0000000829. The number of anilines is 12. The summed E-state index contributed by atoms with van der Waals surface area (Å²) in [6, 6.07) is 95.4. The van der Waals surface area contributed by atoms with Crippen LogP contribution in [-0.4, -0.2) is 39.9 Å². The highest BCUT2D eigenvalue weighted by Crippen LogP contribution is 2.62. The predicted molar refractivity (Wildman–Crippen MR) is 555 cm³/mol. The van der Waals surface area contributed by atoms with Crippen LogP contribution in [0.25, 0.3) is 89.0 Å². The molecule has 12 nitrogen and oxygen atoms in total. The summed E-state index contributed by atoms with van der Waals surface area (Å²) in [4.78, 5) is 47.4. The third kappa shape index (κ3) is 10.7. The van der Waals surface area contributed by atoms with Crippen LogP contribution in [0.2, 0.25) is 0 Å². The van der Waals surface area contributed by atoms with Gasteiger partial charge in [-0.25, -0.2) is 24.9 Å². The van der Waals surface area contributed by atoms with Crippen molar-refractivity contribution in [2.75, 3.05) is 19.6 Å². The summed E-state index contributed by atoms with van der Waals surface area (Å²) in [5, 5.41) is 0. The van der Waals surface area contributed by atoms with Gasteiger partial charge in [0.2, 0.25) is 0 Å². The molecule has 0 amide bonds. The van der Waals surface area contributed by atoms with Crippen molar-refractivity contribution in [2.24, 2.45) is 0 Å². The van der Waals surface area contributed by atoms with Crippen molar-refractivity contribution in [2.45, 2.75) is 103 Å². The van der Waals surface area contributed by atoms with Gasteiger partial charge in [0.25, 0.3) is 0 Å². The number of pyridine rings is 8. The van der Waals surface area contributed by atoms with Gasteiger partial charge in [0.1, 0.15) is 29.1 Å². The van der Waals surface area contributed by atoms with E-state index in [4.69, 9.17) is 29.9 Å². The van der Waals surface area contributed by atoms with Crippen LogP contribution in [0.1, 0.15) is 178 Å². The summed E-state index contributed by atoms with van der Waals surface area (Å²) in [5.74, 6) is 5.25. The summed E-state index contributed by atoms with van der Waals surface area (Å²) in [6.45, 7) is 0. The minimum absolute atomic E-state index is 0.869. The van der Waals surface area contributed by atoms with Crippen molar-refractivity contribution >= 4 is 68.9 Å². The summed E-state index contributed by atoms with van der Waals surface area (Å²) in [5.41, 5.74) is 76.9. The van der Waals surface area contributed by atoms with E-state index in [2.05, 4.69) is 278 Å². The van der Waals surface area contributed by atoms with Crippen molar-refractivity contribution in [1.82, 2.24) is 39.9 Å². The maximum atomic E-state index is 4.85. The molecule has 12 aromatic carbocycles. The van der Waals surface area contributed by atoms with Gasteiger partial charge >= 0.3 is 0 Å². The van der Waals surface area contributed by atoms with Crippen molar-refractivity contribution in [3.05, 3.63) is 495 Å². The van der Waals surface area contributed by atoms with E-state index in [-0.39, 0.29) is 0 Å². The van der Waals surface area contributed by atoms with E-state index in [1.165, 1.54) is 301 Å². The minimum atomic E-state index is 0.869. The van der Waals surface area contributed by atoms with Gasteiger partial charge in [-0.3, -0.25) is 34.6 Å². The SMILES string of the molecule is c1ccc2c(c1)Cc1cc3c(cc1-2)-c1cc2c4c(c1C3)Cc1cccnc1N4c1cccnc1C2.c1ccc2c(c1)Cc1cc3c(cc1-2)-c1cc2c4c(c1C3)Cc1cccnc1N4c1ccncc1C2.c1ccc2c(c1)Cc1cc3c(cc1-2)-c1cc2c4c(c1C3)Cc1cccnc1N4c1cnccc1C2.c1ccc2c(c1)Cc1cc3c(cc1-2)-c1cc2c4c(c1C3)Cc1cccnc1N4c1ncccc1C2. The molecule has 8 aliphatic heterocycles. The van der Waals surface area contributed by atoms with E-state index >= 15 is 0 Å². The van der Waals surface area contributed by atoms with Crippen LogP contribution in [0.3, 0.4) is 0 Å². The lowest BCUT2D eigenvalue weighted by atomic mass is 9.83. The molecule has 8 aromatic heterocycles. The van der Waals surface area contributed by atoms with Gasteiger partial charge in [-0.05, 0) is 416 Å². The van der Waals surface area contributed by atoms with E-state index in [0.717, 1.165) is 138 Å². The van der Waals surface area contributed by atoms with E-state index in [1.807, 2.05) is 68.0 Å². The van der Waals surface area contributed by atoms with Crippen LogP contribution < -0.4 is 19.6 Å². The Kier molecular flexibility index (Phi) is 15.4. The van der Waals surface area contributed by atoms with Gasteiger partial charge in [-0.1, -0.05) is 152 Å². The van der Waals surface area contributed by atoms with Crippen LogP contribution >= 0.6 is 0 Å². The predicted octanol–water partition coefficient (Wildman–Crippen LogP) is 27.6. The van der Waals surface area contributed by atoms with Crippen LogP contribution in [0.5, 0.6) is 0 Å². The summed E-state index contributed by atoms with van der Waals surface area (Å²) in [6.07, 6.45) is 35.0. The molecule has 36 rings (SSSR count). The maximum Gasteiger partial charge on any atom is 0.142 e. The lowest BCUT2D eigenvalue weighted by Crippen LogP contribution is -2.27. The molecular formula is C128H84N12. The molecule has 0 N–H and O–H groups in total. The second-order valence-corrected chi connectivity index (χ2v) is 40.9. The highest BCUT2D eigenvalue weighted by molar-refractivity contribution is 6.01. The topological polar surface area (TPSA) is 116 Å². The van der Waals surface area contributed by atoms with Crippen LogP contribution in [-0.2, 0) is 103 Å². The zero-order valence-electron chi connectivity index (χ0n) is 76.7. The Morgan fingerprint density at radius 3 is 0.836 bits per heavy atom. The molecule has 0 bridgehead atoms. The average molecular weight is 1790 g/mol. The van der Waals surface area contributed by atoms with Crippen molar-refractivity contribution in [1.29, 1.82) is 0 Å². The van der Waals surface area contributed by atoms with E-state index in [1.54, 1.807) is 0 Å². The Bertz CT molecular complexity index is 8060. The standard InChI is InChI=1S/4C32H21N3/c1-2-8-24-18(5-1)11-21-13-22-15-28-27(26(22)17-25(21)24)16-23-12-19-6-3-9-33-31(19)35-30(23)29(28)14-20-7-4-10-34-32(20)35;1-2-7-23-18(5-1)11-20-12-21-14-27-26(25(21)17-24(20)23)15-22-16-29-30(8-4-9-33-29)35-31(22)28(27)13-19-6-3-10-34-32(19)35;1-2-6-24-18(4-1)10-21-12-22-14-28-27(26(22)16-25(21)24)15-23-11-19-7-9-33-17-30(19)35-31(23)29(28)13-20-5-3-8-34-32(20)35;1-2-6-24-18(4-1)10-20-11-21-14-28-27(26(21)16-25(20)24)15-22-12-23-17-33-9-7-30(23)35-31(22)29(28)13-19-5-3-8-34-32(19)35/h1-10,13,16-17H,11-12,14-15H2;1-10,12,15,17H,11,13-14,16H2;1-9,12,15-17H,10-11,13-14H2;1-9,11,15-17H,10,12-14H2. The molecule has 16 aliphatic rings. The van der Waals surface area contributed by atoms with Crippen molar-refractivity contribution in [3.63, 3.8) is 0 Å². The molecule has 0 atom stereocenters. The highest BCUT2D eigenvalue weighted by atomic mass is 15.3. The lowest BCUT2D eigenvalue weighted by Gasteiger charge is -2.39. The fraction of sp³-hybridized carbons (Fsp3) is 0.125. The Morgan fingerprint density at radius 1 is 0.150 bits per heavy atom. The summed E-state index contributed by atoms with van der Waals surface area (Å²) >= 11 is 0. The molecule has 0 saturated heterocycles. The largest absolute Gasteiger partial charge is 0.294 e. The van der Waals surface area contributed by atoms with Gasteiger partial charge < -0.3 is 0 Å². The van der Waals surface area contributed by atoms with Gasteiger partial charge in [0.15, 0.2) is 0 Å². The quantitative estimate of drug-likeness (QED) is 0.144. The molecular weight excluding hydrogens is 1710 g/mol. The van der Waals surface area contributed by atoms with Crippen LogP contribution in [0, 0.1) is 0 Å². The third-order valence-electron chi connectivity index (χ3n) is 33.7. The number of nitrogens with zero attached hydrogens (tertiary/aromatic N) is 12. The van der Waals surface area contributed by atoms with Gasteiger partial charge in [0, 0.05) is 107 Å². The smallest absolute Gasteiger partial charge is 0.142 e. The first-order chi connectivity index (χ1) is 69.3. The zero-order chi connectivity index (χ0) is 90.7. The third-order valence-corrected chi connectivity index (χ3v) is 33.7. The molecule has 0 radical (unpaired) electrons. The first-order valence-electron chi connectivity index (χ1n) is 49.7. The molecule has 0 spiro atoms. The molecule has 20 aromatic rings. The number of fused-ring (bicyclic) bond motifs is 44. The normalized spacial score (nSPS) is 14.9. The van der Waals surface area contributed by atoms with Gasteiger partial charge in [0.05, 0.1) is 51.7 Å². The minimum Gasteiger partial charge on any atom is -0.294 e. The number of benzene rings is 12. The molecule has 0 fully saturated rings. The second-order valence-electron chi connectivity index (χ2n) is 40.9. The number of rotatable bonds is 0. The molecule has 12 heteroatoms. The van der Waals surface area contributed by atoms with E-state index in [9.17, 15) is 0 Å².